The summed E-state index contributed by atoms with van der Waals surface area (Å²) >= 11 is 6.84. The Morgan fingerprint density at radius 3 is 2.61 bits per heavy atom. The lowest BCUT2D eigenvalue weighted by molar-refractivity contribution is 0.102. The fraction of sp³-hybridized carbons (Fsp3) is 0.278. The van der Waals surface area contributed by atoms with Crippen molar-refractivity contribution in [3.8, 4) is 5.75 Å². The smallest absolute Gasteiger partial charge is 0.259 e. The molecule has 0 unspecified atom stereocenters. The van der Waals surface area contributed by atoms with Crippen LogP contribution in [-0.4, -0.2) is 12.5 Å². The van der Waals surface area contributed by atoms with Gasteiger partial charge in [-0.15, -0.1) is 0 Å². The number of nitrogens with one attached hydrogen (secondary N) is 1. The Morgan fingerprint density at radius 1 is 1.17 bits per heavy atom. The molecule has 0 aliphatic carbocycles. The molecule has 0 radical (unpaired) electrons. The summed E-state index contributed by atoms with van der Waals surface area (Å²) in [6.45, 7) is 4.88. The molecule has 0 saturated carbocycles. The summed E-state index contributed by atoms with van der Waals surface area (Å²) in [5.74, 6) is 0.958. The molecule has 0 fully saturated rings. The predicted octanol–water partition coefficient (Wildman–Crippen LogP) is 5.89. The molecule has 1 N–H and O–H groups in total. The summed E-state index contributed by atoms with van der Waals surface area (Å²) in [7, 11) is 0. The van der Waals surface area contributed by atoms with Gasteiger partial charge in [0.15, 0.2) is 0 Å². The number of halogens is 2. The second-order valence-corrected chi connectivity index (χ2v) is 7.38. The minimum absolute atomic E-state index is 0.197. The van der Waals surface area contributed by atoms with Crippen LogP contribution in [0.25, 0.3) is 0 Å². The van der Waals surface area contributed by atoms with Gasteiger partial charge in [-0.2, -0.15) is 0 Å². The molecule has 2 aromatic rings. The first-order chi connectivity index (χ1) is 11.0. The van der Waals surface area contributed by atoms with Gasteiger partial charge in [-0.25, -0.2) is 0 Å². The molecule has 2 rings (SSSR count). The second-order valence-electron chi connectivity index (χ2n) is 5.61. The molecule has 5 heteroatoms. The lowest BCUT2D eigenvalue weighted by atomic mass is 10.1. The predicted molar refractivity (Wildman–Crippen MR) is 101 cm³/mol. The molecular weight excluding hydrogens is 422 g/mol. The van der Waals surface area contributed by atoms with E-state index >= 15 is 0 Å². The molecule has 0 aliphatic heterocycles. The van der Waals surface area contributed by atoms with Gasteiger partial charge in [0.25, 0.3) is 5.91 Å². The minimum atomic E-state index is -0.197. The molecule has 0 saturated heterocycles. The number of carbonyl (C=O) groups is 1. The van der Waals surface area contributed by atoms with E-state index < -0.39 is 0 Å². The number of para-hydroxylation sites is 1. The van der Waals surface area contributed by atoms with E-state index in [1.807, 2.05) is 36.4 Å². The Morgan fingerprint density at radius 2 is 1.91 bits per heavy atom. The molecule has 23 heavy (non-hydrogen) atoms. The Bertz CT molecular complexity index is 686. The monoisotopic (exact) mass is 439 g/mol. The maximum absolute atomic E-state index is 12.6. The summed E-state index contributed by atoms with van der Waals surface area (Å²) in [6.07, 6.45) is 0.946. The van der Waals surface area contributed by atoms with Gasteiger partial charge in [0.2, 0.25) is 0 Å². The lowest BCUT2D eigenvalue weighted by Crippen LogP contribution is -2.14. The molecule has 0 atom stereocenters. The Labute approximate surface area is 153 Å². The van der Waals surface area contributed by atoms with Gasteiger partial charge in [-0.05, 0) is 58.6 Å². The van der Waals surface area contributed by atoms with Crippen LogP contribution < -0.4 is 10.1 Å². The van der Waals surface area contributed by atoms with Crippen molar-refractivity contribution >= 4 is 43.5 Å². The Kier molecular flexibility index (Phi) is 6.66. The quantitative estimate of drug-likeness (QED) is 0.608. The normalized spacial score (nSPS) is 10.7. The van der Waals surface area contributed by atoms with Gasteiger partial charge in [-0.3, -0.25) is 4.79 Å². The maximum Gasteiger partial charge on any atom is 0.259 e. The van der Waals surface area contributed by atoms with Crippen molar-refractivity contribution in [2.24, 2.45) is 5.92 Å². The van der Waals surface area contributed by atoms with Crippen LogP contribution in [0.2, 0.25) is 0 Å². The van der Waals surface area contributed by atoms with Crippen molar-refractivity contribution in [1.29, 1.82) is 0 Å². The fourth-order valence-corrected chi connectivity index (χ4v) is 2.71. The minimum Gasteiger partial charge on any atom is -0.493 e. The summed E-state index contributed by atoms with van der Waals surface area (Å²) in [6, 6.07) is 13.0. The lowest BCUT2D eigenvalue weighted by Gasteiger charge is -2.13. The Hall–Kier alpha value is -1.33. The van der Waals surface area contributed by atoms with Crippen LogP contribution in [0, 0.1) is 5.92 Å². The van der Waals surface area contributed by atoms with E-state index in [0.717, 1.165) is 21.1 Å². The van der Waals surface area contributed by atoms with Crippen molar-refractivity contribution < 1.29 is 9.53 Å². The third-order valence-electron chi connectivity index (χ3n) is 3.26. The van der Waals surface area contributed by atoms with Gasteiger partial charge in [0.1, 0.15) is 5.75 Å². The SMILES string of the molecule is CC(C)CCOc1ccc(Br)cc1C(=O)Nc1ccccc1Br. The zero-order valence-corrected chi connectivity index (χ0v) is 16.3. The standard InChI is InChI=1S/C18H19Br2NO2/c1-12(2)9-10-23-17-8-7-13(19)11-14(17)18(22)21-16-6-4-3-5-15(16)20/h3-8,11-12H,9-10H2,1-2H3,(H,21,22). The van der Waals surface area contributed by atoms with Crippen LogP contribution in [0.15, 0.2) is 51.4 Å². The zero-order valence-electron chi connectivity index (χ0n) is 13.1. The maximum atomic E-state index is 12.6. The summed E-state index contributed by atoms with van der Waals surface area (Å²) in [5, 5.41) is 2.91. The van der Waals surface area contributed by atoms with E-state index in [9.17, 15) is 4.79 Å². The number of amides is 1. The average Bonchev–Trinajstić information content (AvgIpc) is 2.50. The molecule has 0 aromatic heterocycles. The van der Waals surface area contributed by atoms with Crippen molar-refractivity contribution in [2.45, 2.75) is 20.3 Å². The van der Waals surface area contributed by atoms with E-state index in [1.54, 1.807) is 6.07 Å². The van der Waals surface area contributed by atoms with E-state index in [4.69, 9.17) is 4.74 Å². The fourth-order valence-electron chi connectivity index (χ4n) is 1.96. The zero-order chi connectivity index (χ0) is 16.8. The van der Waals surface area contributed by atoms with Crippen molar-refractivity contribution in [2.75, 3.05) is 11.9 Å². The van der Waals surface area contributed by atoms with Crippen molar-refractivity contribution in [3.63, 3.8) is 0 Å². The average molecular weight is 441 g/mol. The van der Waals surface area contributed by atoms with Crippen molar-refractivity contribution in [1.82, 2.24) is 0 Å². The van der Waals surface area contributed by atoms with Gasteiger partial charge >= 0.3 is 0 Å². The molecular formula is C18H19Br2NO2. The molecule has 0 bridgehead atoms. The summed E-state index contributed by atoms with van der Waals surface area (Å²) in [5.41, 5.74) is 1.24. The summed E-state index contributed by atoms with van der Waals surface area (Å²) < 4.78 is 7.48. The molecule has 0 spiro atoms. The van der Waals surface area contributed by atoms with Crippen LogP contribution in [0.5, 0.6) is 5.75 Å². The number of benzene rings is 2. The number of ether oxygens (including phenoxy) is 1. The Balaban J connectivity index is 2.18. The highest BCUT2D eigenvalue weighted by Crippen LogP contribution is 2.27. The third kappa shape index (κ3) is 5.36. The van der Waals surface area contributed by atoms with E-state index in [1.165, 1.54) is 0 Å². The van der Waals surface area contributed by atoms with Crippen LogP contribution in [0.3, 0.4) is 0 Å². The second kappa shape index (κ2) is 8.50. The van der Waals surface area contributed by atoms with Crippen molar-refractivity contribution in [3.05, 3.63) is 57.0 Å². The molecule has 2 aromatic carbocycles. The molecule has 3 nitrogen and oxygen atoms in total. The van der Waals surface area contributed by atoms with E-state index in [0.29, 0.717) is 23.8 Å². The number of carbonyl (C=O) groups excluding carboxylic acids is 1. The summed E-state index contributed by atoms with van der Waals surface area (Å²) in [4.78, 5) is 12.6. The highest BCUT2D eigenvalue weighted by molar-refractivity contribution is 9.10. The highest BCUT2D eigenvalue weighted by atomic mass is 79.9. The first kappa shape index (κ1) is 18.0. The van der Waals surface area contributed by atoms with Gasteiger partial charge in [-0.1, -0.05) is 41.9 Å². The van der Waals surface area contributed by atoms with Crippen LogP contribution in [-0.2, 0) is 0 Å². The topological polar surface area (TPSA) is 38.3 Å². The third-order valence-corrected chi connectivity index (χ3v) is 4.45. The number of hydrogen-bond acceptors (Lipinski definition) is 2. The van der Waals surface area contributed by atoms with E-state index in [2.05, 4.69) is 51.0 Å². The number of rotatable bonds is 6. The molecule has 0 aliphatic rings. The van der Waals surface area contributed by atoms with E-state index in [-0.39, 0.29) is 5.91 Å². The first-order valence-electron chi connectivity index (χ1n) is 7.45. The number of anilines is 1. The number of hydrogen-bond donors (Lipinski definition) is 1. The molecule has 0 heterocycles. The van der Waals surface area contributed by atoms with Gasteiger partial charge < -0.3 is 10.1 Å². The van der Waals surface area contributed by atoms with Gasteiger partial charge in [0.05, 0.1) is 17.9 Å². The first-order valence-corrected chi connectivity index (χ1v) is 9.04. The highest BCUT2D eigenvalue weighted by Gasteiger charge is 2.15. The van der Waals surface area contributed by atoms with Crippen LogP contribution in [0.1, 0.15) is 30.6 Å². The molecule has 122 valence electrons. The van der Waals surface area contributed by atoms with Crippen LogP contribution in [0.4, 0.5) is 5.69 Å². The largest absolute Gasteiger partial charge is 0.493 e. The van der Waals surface area contributed by atoms with Crippen LogP contribution >= 0.6 is 31.9 Å². The molecule has 1 amide bonds. The van der Waals surface area contributed by atoms with Gasteiger partial charge in [0, 0.05) is 8.95 Å².